The van der Waals surface area contributed by atoms with Gasteiger partial charge >= 0.3 is 0 Å². The quantitative estimate of drug-likeness (QED) is 0.541. The van der Waals surface area contributed by atoms with Gasteiger partial charge in [0.05, 0.1) is 34.9 Å². The van der Waals surface area contributed by atoms with Crippen molar-refractivity contribution in [3.8, 4) is 5.69 Å². The lowest BCUT2D eigenvalue weighted by Gasteiger charge is -2.19. The van der Waals surface area contributed by atoms with E-state index in [9.17, 15) is 13.2 Å². The number of amides is 1. The molecule has 0 saturated heterocycles. The Hall–Kier alpha value is -2.71. The molecule has 31 heavy (non-hydrogen) atoms. The van der Waals surface area contributed by atoms with Gasteiger partial charge in [-0.3, -0.25) is 4.79 Å². The van der Waals surface area contributed by atoms with Gasteiger partial charge in [-0.15, -0.1) is 0 Å². The molecule has 0 radical (unpaired) electrons. The van der Waals surface area contributed by atoms with Crippen LogP contribution in [0.25, 0.3) is 5.69 Å². The number of benzene rings is 1. The van der Waals surface area contributed by atoms with Crippen molar-refractivity contribution in [3.63, 3.8) is 0 Å². The summed E-state index contributed by atoms with van der Waals surface area (Å²) in [5, 5.41) is 8.01. The van der Waals surface area contributed by atoms with E-state index in [4.69, 9.17) is 11.6 Å². The Morgan fingerprint density at radius 2 is 1.90 bits per heavy atom. The minimum absolute atomic E-state index is 0.0228. The van der Waals surface area contributed by atoms with Crippen molar-refractivity contribution < 1.29 is 13.2 Å². The van der Waals surface area contributed by atoms with Gasteiger partial charge in [0, 0.05) is 11.2 Å². The fraction of sp³-hybridized carbons (Fsp3) is 0.318. The molecule has 0 aliphatic carbocycles. The number of nitrogens with one attached hydrogen (secondary N) is 1. The number of sulfone groups is 1. The number of nitrogens with zero attached hydrogens (tertiary/aromatic N) is 3. The van der Waals surface area contributed by atoms with E-state index in [0.29, 0.717) is 28.3 Å². The summed E-state index contributed by atoms with van der Waals surface area (Å²) in [5.41, 5.74) is 2.65. The van der Waals surface area contributed by atoms with Crippen LogP contribution in [0, 0.1) is 6.92 Å². The third-order valence-corrected chi connectivity index (χ3v) is 6.94. The first-order chi connectivity index (χ1) is 14.8. The van der Waals surface area contributed by atoms with Gasteiger partial charge in [0.25, 0.3) is 5.91 Å². The Kier molecular flexibility index (Phi) is 7.12. The van der Waals surface area contributed by atoms with Gasteiger partial charge in [-0.2, -0.15) is 5.10 Å². The number of pyridine rings is 1. The molecule has 3 aromatic rings. The first-order valence-corrected chi connectivity index (χ1v) is 12.1. The Bertz CT molecular complexity index is 1170. The van der Waals surface area contributed by atoms with Crippen molar-refractivity contribution >= 4 is 27.3 Å². The van der Waals surface area contributed by atoms with E-state index in [2.05, 4.69) is 15.4 Å². The van der Waals surface area contributed by atoms with Crippen molar-refractivity contribution in [2.75, 3.05) is 5.75 Å². The maximum atomic E-state index is 13.0. The minimum atomic E-state index is -3.43. The van der Waals surface area contributed by atoms with Crippen LogP contribution in [-0.4, -0.2) is 34.8 Å². The van der Waals surface area contributed by atoms with Crippen LogP contribution in [0.1, 0.15) is 54.3 Å². The third kappa shape index (κ3) is 5.14. The van der Waals surface area contributed by atoms with Crippen molar-refractivity contribution in [2.24, 2.45) is 0 Å². The maximum absolute atomic E-state index is 13.0. The molecule has 0 aliphatic heterocycles. The van der Waals surface area contributed by atoms with Gasteiger partial charge in [0.1, 0.15) is 0 Å². The van der Waals surface area contributed by atoms with Crippen molar-refractivity contribution in [1.29, 1.82) is 0 Å². The fourth-order valence-corrected chi connectivity index (χ4v) is 4.24. The molecule has 1 unspecified atom stereocenters. The second-order valence-corrected chi connectivity index (χ2v) is 9.84. The molecule has 7 nitrogen and oxygen atoms in total. The van der Waals surface area contributed by atoms with E-state index in [-0.39, 0.29) is 22.7 Å². The van der Waals surface area contributed by atoms with Crippen LogP contribution in [0.15, 0.2) is 53.8 Å². The molecule has 0 bridgehead atoms. The summed E-state index contributed by atoms with van der Waals surface area (Å²) in [4.78, 5) is 17.0. The molecule has 2 heterocycles. The summed E-state index contributed by atoms with van der Waals surface area (Å²) >= 11 is 5.95. The molecule has 0 spiro atoms. The summed E-state index contributed by atoms with van der Waals surface area (Å²) in [6, 6.07) is 10.1. The van der Waals surface area contributed by atoms with Crippen LogP contribution in [0.5, 0.6) is 0 Å². The molecule has 1 amide bonds. The second kappa shape index (κ2) is 9.62. The normalized spacial score (nSPS) is 12.5. The molecule has 0 saturated carbocycles. The van der Waals surface area contributed by atoms with Gasteiger partial charge in [-0.1, -0.05) is 31.9 Å². The highest BCUT2D eigenvalue weighted by atomic mass is 35.5. The lowest BCUT2D eigenvalue weighted by atomic mass is 10.0. The predicted molar refractivity (Wildman–Crippen MR) is 120 cm³/mol. The first-order valence-electron chi connectivity index (χ1n) is 10.1. The Morgan fingerprint density at radius 3 is 2.55 bits per heavy atom. The van der Waals surface area contributed by atoms with Gasteiger partial charge in [-0.25, -0.2) is 18.1 Å². The monoisotopic (exact) mass is 460 g/mol. The maximum Gasteiger partial charge on any atom is 0.255 e. The summed E-state index contributed by atoms with van der Waals surface area (Å²) in [6.07, 6.45) is 4.47. The average molecular weight is 461 g/mol. The number of rotatable bonds is 8. The van der Waals surface area contributed by atoms with Crippen LogP contribution in [-0.2, 0) is 9.84 Å². The number of hydrogen-bond acceptors (Lipinski definition) is 5. The lowest BCUT2D eigenvalue weighted by molar-refractivity contribution is 0.0933. The summed E-state index contributed by atoms with van der Waals surface area (Å²) in [6.45, 7) is 5.41. The summed E-state index contributed by atoms with van der Waals surface area (Å²) < 4.78 is 26.1. The number of hydrogen-bond donors (Lipinski definition) is 1. The topological polar surface area (TPSA) is 93.9 Å². The smallest absolute Gasteiger partial charge is 0.255 e. The van der Waals surface area contributed by atoms with Gasteiger partial charge in [0.15, 0.2) is 14.9 Å². The molecule has 1 aromatic carbocycles. The van der Waals surface area contributed by atoms with Crippen LogP contribution >= 0.6 is 11.6 Å². The Morgan fingerprint density at radius 1 is 1.19 bits per heavy atom. The summed E-state index contributed by atoms with van der Waals surface area (Å²) in [5.74, 6) is -0.301. The SMILES string of the molecule is CCCC(NC(=O)c1cnn(-c2ccc(Cl)cc2)c1C)c1ccnc(S(=O)(=O)CC)c1. The molecule has 3 rings (SSSR count). The van der Waals surface area contributed by atoms with Crippen LogP contribution in [0.4, 0.5) is 0 Å². The molecular formula is C22H25ClN4O3S. The molecule has 1 N–H and O–H groups in total. The summed E-state index contributed by atoms with van der Waals surface area (Å²) in [7, 11) is -3.43. The number of carbonyl (C=O) groups excluding carboxylic acids is 1. The molecule has 9 heteroatoms. The standard InChI is InChI=1S/C22H25ClN4O3S/c1-4-6-20(16-11-12-24-21(13-16)31(29,30)5-2)26-22(28)19-14-25-27(15(19)3)18-9-7-17(23)8-10-18/h7-14,20H,4-6H2,1-3H3,(H,26,28). The molecule has 0 fully saturated rings. The van der Waals surface area contributed by atoms with E-state index in [0.717, 1.165) is 12.1 Å². The van der Waals surface area contributed by atoms with Crippen molar-refractivity contribution in [2.45, 2.75) is 44.7 Å². The molecule has 1 atom stereocenters. The highest BCUT2D eigenvalue weighted by molar-refractivity contribution is 7.91. The fourth-order valence-electron chi connectivity index (χ4n) is 3.28. The lowest BCUT2D eigenvalue weighted by Crippen LogP contribution is -2.29. The second-order valence-electron chi connectivity index (χ2n) is 7.18. The molecule has 164 valence electrons. The zero-order chi connectivity index (χ0) is 22.6. The van der Waals surface area contributed by atoms with Crippen molar-refractivity contribution in [1.82, 2.24) is 20.1 Å². The third-order valence-electron chi connectivity index (χ3n) is 5.07. The highest BCUT2D eigenvalue weighted by Crippen LogP contribution is 2.23. The van der Waals surface area contributed by atoms with Crippen LogP contribution in [0.3, 0.4) is 0 Å². The number of halogens is 1. The first kappa shape index (κ1) is 23.0. The van der Waals surface area contributed by atoms with E-state index in [1.165, 1.54) is 12.4 Å². The predicted octanol–water partition coefficient (Wildman–Crippen LogP) is 4.29. The van der Waals surface area contributed by atoms with Gasteiger partial charge in [-0.05, 0) is 55.3 Å². The number of carbonyl (C=O) groups is 1. The molecule has 0 aliphatic rings. The Balaban J connectivity index is 1.87. The highest BCUT2D eigenvalue weighted by Gasteiger charge is 2.21. The number of aromatic nitrogens is 3. The zero-order valence-electron chi connectivity index (χ0n) is 17.7. The zero-order valence-corrected chi connectivity index (χ0v) is 19.2. The van der Waals surface area contributed by atoms with E-state index in [1.807, 2.05) is 26.0 Å². The molecule has 2 aromatic heterocycles. The van der Waals surface area contributed by atoms with Crippen molar-refractivity contribution in [3.05, 3.63) is 70.6 Å². The van der Waals surface area contributed by atoms with Crippen LogP contribution in [0.2, 0.25) is 5.02 Å². The van der Waals surface area contributed by atoms with E-state index in [1.54, 1.807) is 35.9 Å². The average Bonchev–Trinajstić information content (AvgIpc) is 3.15. The Labute approximate surface area is 187 Å². The van der Waals surface area contributed by atoms with E-state index < -0.39 is 9.84 Å². The van der Waals surface area contributed by atoms with Gasteiger partial charge < -0.3 is 5.32 Å². The largest absolute Gasteiger partial charge is 0.345 e. The van der Waals surface area contributed by atoms with E-state index >= 15 is 0 Å². The minimum Gasteiger partial charge on any atom is -0.345 e. The van der Waals surface area contributed by atoms with Gasteiger partial charge in [0.2, 0.25) is 0 Å². The molecular weight excluding hydrogens is 436 g/mol. The van der Waals surface area contributed by atoms with Crippen LogP contribution < -0.4 is 5.32 Å².